The maximum atomic E-state index is 12.3. The van der Waals surface area contributed by atoms with E-state index in [1.54, 1.807) is 12.3 Å². The van der Waals surface area contributed by atoms with Crippen LogP contribution in [0.3, 0.4) is 0 Å². The van der Waals surface area contributed by atoms with Gasteiger partial charge in [0.15, 0.2) is 23.0 Å². The largest absolute Gasteiger partial charge is 0.383 e. The van der Waals surface area contributed by atoms with Crippen molar-refractivity contribution >= 4 is 58.8 Å². The van der Waals surface area contributed by atoms with E-state index < -0.39 is 0 Å². The van der Waals surface area contributed by atoms with Crippen molar-refractivity contribution in [1.82, 2.24) is 9.97 Å². The van der Waals surface area contributed by atoms with Crippen molar-refractivity contribution in [3.05, 3.63) is 75.9 Å². The number of nitrogens with one attached hydrogen (secondary N) is 1. The second kappa shape index (κ2) is 13.5. The topological polar surface area (TPSA) is 101 Å². The van der Waals surface area contributed by atoms with E-state index in [0.717, 1.165) is 29.7 Å². The lowest BCUT2D eigenvalue weighted by molar-refractivity contribution is 0.101. The number of carbonyl (C=O) groups excluding carboxylic acids is 2. The number of allylic oxidation sites excluding steroid dienone is 1. The Morgan fingerprint density at radius 2 is 1.89 bits per heavy atom. The van der Waals surface area contributed by atoms with Crippen LogP contribution in [0.2, 0.25) is 5.02 Å². The quantitative estimate of drug-likeness (QED) is 0.118. The van der Waals surface area contributed by atoms with Crippen molar-refractivity contribution in [2.24, 2.45) is 0 Å². The zero-order chi connectivity index (χ0) is 26.0. The minimum Gasteiger partial charge on any atom is -0.383 e. The zero-order valence-electron chi connectivity index (χ0n) is 19.9. The third kappa shape index (κ3) is 7.27. The van der Waals surface area contributed by atoms with E-state index in [1.165, 1.54) is 24.2 Å². The molecule has 3 rings (SSSR count). The molecule has 0 atom stereocenters. The van der Waals surface area contributed by atoms with Crippen LogP contribution in [0.5, 0.6) is 0 Å². The van der Waals surface area contributed by atoms with Crippen LogP contribution in [0.4, 0.5) is 21.8 Å². The second-order valence-electron chi connectivity index (χ2n) is 7.21. The molecule has 35 heavy (non-hydrogen) atoms. The Hall–Kier alpha value is -3.43. The van der Waals surface area contributed by atoms with Gasteiger partial charge in [-0.3, -0.25) is 9.59 Å². The van der Waals surface area contributed by atoms with Gasteiger partial charge in [0, 0.05) is 24.0 Å². The molecule has 3 N–H and O–H groups in total. The SMILES string of the molecule is CC/C(=C/c1cccc(Cl)c1C=O)N(C)c1ccccc1.CSc1nc(N)c(C(C)=O)c(NF)n1. The van der Waals surface area contributed by atoms with Gasteiger partial charge in [0.2, 0.25) is 0 Å². The van der Waals surface area contributed by atoms with Crippen LogP contribution >= 0.6 is 23.4 Å². The monoisotopic (exact) mass is 515 g/mol. The van der Waals surface area contributed by atoms with Gasteiger partial charge in [-0.15, -0.1) is 4.48 Å². The fraction of sp³-hybridized carbons (Fsp3) is 0.200. The molecule has 0 spiro atoms. The molecular formula is C25H27ClFN5O2S. The summed E-state index contributed by atoms with van der Waals surface area (Å²) in [7, 11) is 2.02. The summed E-state index contributed by atoms with van der Waals surface area (Å²) in [4.78, 5) is 32.0. The van der Waals surface area contributed by atoms with E-state index >= 15 is 0 Å². The van der Waals surface area contributed by atoms with Crippen molar-refractivity contribution in [2.75, 3.05) is 29.5 Å². The highest BCUT2D eigenvalue weighted by molar-refractivity contribution is 7.98. The van der Waals surface area contributed by atoms with Crippen LogP contribution in [-0.4, -0.2) is 35.3 Å². The second-order valence-corrected chi connectivity index (χ2v) is 8.39. The van der Waals surface area contributed by atoms with Gasteiger partial charge in [-0.1, -0.05) is 60.6 Å². The molecule has 0 aliphatic carbocycles. The molecule has 0 aliphatic heterocycles. The summed E-state index contributed by atoms with van der Waals surface area (Å²) in [6, 6.07) is 15.6. The van der Waals surface area contributed by atoms with E-state index in [0.29, 0.717) is 15.7 Å². The summed E-state index contributed by atoms with van der Waals surface area (Å²) in [5.41, 5.74) is 10.4. The minimum absolute atomic E-state index is 0.0167. The summed E-state index contributed by atoms with van der Waals surface area (Å²) in [6.07, 6.45) is 5.41. The van der Waals surface area contributed by atoms with Crippen LogP contribution in [0.1, 0.15) is 46.5 Å². The maximum absolute atomic E-state index is 12.3. The third-order valence-electron chi connectivity index (χ3n) is 5.00. The lowest BCUT2D eigenvalue weighted by atomic mass is 10.1. The van der Waals surface area contributed by atoms with Crippen LogP contribution in [-0.2, 0) is 0 Å². The molecule has 0 saturated heterocycles. The zero-order valence-corrected chi connectivity index (χ0v) is 21.5. The van der Waals surface area contributed by atoms with Gasteiger partial charge in [-0.05, 0) is 49.4 Å². The number of thioether (sulfide) groups is 1. The Morgan fingerprint density at radius 1 is 1.20 bits per heavy atom. The van der Waals surface area contributed by atoms with Crippen molar-refractivity contribution in [3.63, 3.8) is 0 Å². The summed E-state index contributed by atoms with van der Waals surface area (Å²) in [6.45, 7) is 3.37. The third-order valence-corrected chi connectivity index (χ3v) is 5.88. The normalized spacial score (nSPS) is 10.7. The number of Topliss-reactive ketones (excluding diaryl/α,β-unsaturated/α-hetero) is 1. The number of benzene rings is 2. The number of ketones is 1. The molecule has 184 valence electrons. The Bertz CT molecular complexity index is 1210. The van der Waals surface area contributed by atoms with Gasteiger partial charge in [0.05, 0.1) is 5.02 Å². The van der Waals surface area contributed by atoms with Gasteiger partial charge in [0.1, 0.15) is 11.4 Å². The van der Waals surface area contributed by atoms with Gasteiger partial charge < -0.3 is 10.6 Å². The van der Waals surface area contributed by atoms with Crippen LogP contribution in [0.15, 0.2) is 59.4 Å². The number of para-hydroxylation sites is 1. The number of aldehydes is 1. The Balaban J connectivity index is 0.000000269. The van der Waals surface area contributed by atoms with E-state index in [2.05, 4.69) is 33.9 Å². The number of hydrogen-bond acceptors (Lipinski definition) is 8. The first-order valence-corrected chi connectivity index (χ1v) is 12.2. The Morgan fingerprint density at radius 3 is 2.43 bits per heavy atom. The molecule has 7 nitrogen and oxygen atoms in total. The molecule has 0 amide bonds. The molecule has 3 aromatic rings. The van der Waals surface area contributed by atoms with Gasteiger partial charge >= 0.3 is 0 Å². The van der Waals surface area contributed by atoms with Crippen molar-refractivity contribution in [2.45, 2.75) is 25.4 Å². The Kier molecular flexibility index (Phi) is 10.7. The smallest absolute Gasteiger partial charge is 0.191 e. The number of nitrogen functional groups attached to an aromatic ring is 1. The molecule has 0 unspecified atom stereocenters. The first kappa shape index (κ1) is 27.8. The van der Waals surface area contributed by atoms with Crippen molar-refractivity contribution in [3.8, 4) is 0 Å². The molecule has 0 bridgehead atoms. The summed E-state index contributed by atoms with van der Waals surface area (Å²) in [5.74, 6) is -0.582. The first-order chi connectivity index (χ1) is 16.8. The van der Waals surface area contributed by atoms with Gasteiger partial charge in [0.25, 0.3) is 0 Å². The Labute approximate surface area is 213 Å². The fourth-order valence-corrected chi connectivity index (χ4v) is 3.80. The number of nitrogens with zero attached hydrogens (tertiary/aromatic N) is 3. The molecular weight excluding hydrogens is 489 g/mol. The van der Waals surface area contributed by atoms with E-state index in [-0.39, 0.29) is 23.0 Å². The molecule has 1 heterocycles. The predicted molar refractivity (Wildman–Crippen MR) is 143 cm³/mol. The lowest BCUT2D eigenvalue weighted by Crippen LogP contribution is -2.15. The fourth-order valence-electron chi connectivity index (χ4n) is 3.20. The standard InChI is InChI=1S/C18H18ClNO.C7H9FN4OS/c1-3-15(20(2)16-9-5-4-6-10-16)12-14-8-7-11-18(19)17(14)13-21;1-3(13)4-5(9)10-7(14-2)11-6(4)12-8/h4-13H,3H2,1-2H3;1-2H3,(H3,9,10,11,12)/b15-12-;. The highest BCUT2D eigenvalue weighted by Gasteiger charge is 2.16. The number of anilines is 3. The number of aromatic nitrogens is 2. The highest BCUT2D eigenvalue weighted by Crippen LogP contribution is 2.25. The molecule has 10 heteroatoms. The average molecular weight is 516 g/mol. The van der Waals surface area contributed by atoms with Crippen LogP contribution < -0.4 is 16.2 Å². The van der Waals surface area contributed by atoms with Crippen molar-refractivity contribution < 1.29 is 14.1 Å². The van der Waals surface area contributed by atoms with Crippen LogP contribution in [0.25, 0.3) is 6.08 Å². The molecule has 1 aromatic heterocycles. The molecule has 0 aliphatic rings. The van der Waals surface area contributed by atoms with Gasteiger partial charge in [-0.2, -0.15) is 0 Å². The van der Waals surface area contributed by atoms with E-state index in [4.69, 9.17) is 17.3 Å². The highest BCUT2D eigenvalue weighted by atomic mass is 35.5. The lowest BCUT2D eigenvalue weighted by Gasteiger charge is -2.22. The maximum Gasteiger partial charge on any atom is 0.191 e. The number of halogens is 2. The predicted octanol–water partition coefficient (Wildman–Crippen LogP) is 6.32. The number of hydrogen-bond donors (Lipinski definition) is 2. The molecule has 0 saturated carbocycles. The number of rotatable bonds is 8. The molecule has 0 radical (unpaired) electrons. The summed E-state index contributed by atoms with van der Waals surface area (Å²) < 4.78 is 12.3. The summed E-state index contributed by atoms with van der Waals surface area (Å²) >= 11 is 7.29. The van der Waals surface area contributed by atoms with E-state index in [1.807, 2.05) is 43.5 Å². The van der Waals surface area contributed by atoms with Crippen LogP contribution in [0, 0.1) is 0 Å². The average Bonchev–Trinajstić information content (AvgIpc) is 2.87. The molecule has 2 aromatic carbocycles. The first-order valence-electron chi connectivity index (χ1n) is 10.6. The minimum atomic E-state index is -0.379. The van der Waals surface area contributed by atoms with E-state index in [9.17, 15) is 14.1 Å². The summed E-state index contributed by atoms with van der Waals surface area (Å²) in [5, 5.41) is 0.796. The molecule has 0 fully saturated rings. The number of nitrogens with two attached hydrogens (primary N) is 1. The van der Waals surface area contributed by atoms with Crippen molar-refractivity contribution in [1.29, 1.82) is 0 Å². The van der Waals surface area contributed by atoms with Gasteiger partial charge in [-0.25, -0.2) is 15.5 Å². The number of carbonyl (C=O) groups is 2.